The van der Waals surface area contributed by atoms with E-state index in [2.05, 4.69) is 20.6 Å². The molecule has 0 saturated heterocycles. The van der Waals surface area contributed by atoms with E-state index in [1.165, 1.54) is 0 Å². The number of allylic oxidation sites excluding steroid dienone is 1. The zero-order valence-corrected chi connectivity index (χ0v) is 17.3. The Bertz CT molecular complexity index is 1260. The van der Waals surface area contributed by atoms with E-state index < -0.39 is 6.04 Å². The number of nitrogens with one attached hydrogen (secondary N) is 2. The molecule has 31 heavy (non-hydrogen) atoms. The van der Waals surface area contributed by atoms with Crippen molar-refractivity contribution in [3.05, 3.63) is 83.0 Å². The van der Waals surface area contributed by atoms with E-state index in [4.69, 9.17) is 5.10 Å². The summed E-state index contributed by atoms with van der Waals surface area (Å²) >= 11 is 1.55. The highest BCUT2D eigenvalue weighted by Gasteiger charge is 2.34. The third-order valence-electron chi connectivity index (χ3n) is 4.95. The van der Waals surface area contributed by atoms with E-state index in [9.17, 15) is 9.90 Å². The summed E-state index contributed by atoms with van der Waals surface area (Å²) in [5.41, 5.74) is 1.96. The molecule has 0 saturated carbocycles. The van der Waals surface area contributed by atoms with Crippen molar-refractivity contribution in [1.29, 1.82) is 0 Å². The first-order chi connectivity index (χ1) is 15.1. The summed E-state index contributed by atoms with van der Waals surface area (Å²) in [5, 5.41) is 22.5. The minimum absolute atomic E-state index is 0.149. The number of fused-ring (bicyclic) bond motifs is 1. The molecule has 4 heterocycles. The van der Waals surface area contributed by atoms with Crippen LogP contribution in [-0.2, 0) is 4.79 Å². The number of hydrogen-bond acceptors (Lipinski definition) is 7. The number of aromatic hydroxyl groups is 1. The van der Waals surface area contributed by atoms with Gasteiger partial charge in [-0.1, -0.05) is 24.3 Å². The van der Waals surface area contributed by atoms with Gasteiger partial charge in [0.2, 0.25) is 5.95 Å². The second-order valence-electron chi connectivity index (χ2n) is 7.01. The molecule has 1 aromatic carbocycles. The first kappa shape index (κ1) is 19.0. The molecule has 5 rings (SSSR count). The maximum absolute atomic E-state index is 13.3. The van der Waals surface area contributed by atoms with Crippen LogP contribution in [0, 0.1) is 0 Å². The van der Waals surface area contributed by atoms with Crippen LogP contribution in [0.2, 0.25) is 0 Å². The van der Waals surface area contributed by atoms with E-state index in [0.717, 1.165) is 10.4 Å². The van der Waals surface area contributed by atoms with Crippen molar-refractivity contribution < 1.29 is 9.90 Å². The van der Waals surface area contributed by atoms with Crippen molar-refractivity contribution in [2.45, 2.75) is 13.0 Å². The number of nitrogens with zero attached hydrogens (tertiary/aromatic N) is 4. The van der Waals surface area contributed by atoms with Gasteiger partial charge in [-0.2, -0.15) is 4.98 Å². The highest BCUT2D eigenvalue weighted by Crippen LogP contribution is 2.37. The summed E-state index contributed by atoms with van der Waals surface area (Å²) in [6.45, 7) is 1.84. The van der Waals surface area contributed by atoms with Crippen LogP contribution < -0.4 is 10.6 Å². The molecule has 0 aliphatic carbocycles. The van der Waals surface area contributed by atoms with Crippen molar-refractivity contribution in [3.63, 3.8) is 0 Å². The number of pyridine rings is 1. The largest absolute Gasteiger partial charge is 0.508 e. The first-order valence-corrected chi connectivity index (χ1v) is 10.5. The molecule has 8 nitrogen and oxygen atoms in total. The number of carbonyl (C=O) groups excluding carboxylic acids is 1. The lowest BCUT2D eigenvalue weighted by molar-refractivity contribution is -0.113. The average Bonchev–Trinajstić information content (AvgIpc) is 3.44. The fraction of sp³-hybridized carbons (Fsp3) is 0.0909. The van der Waals surface area contributed by atoms with Gasteiger partial charge in [0.05, 0.1) is 10.5 Å². The molecule has 0 bridgehead atoms. The lowest BCUT2D eigenvalue weighted by atomic mass is 9.95. The predicted octanol–water partition coefficient (Wildman–Crippen LogP) is 4.03. The highest BCUT2D eigenvalue weighted by atomic mass is 32.1. The summed E-state index contributed by atoms with van der Waals surface area (Å²) in [6.07, 6.45) is 1.62. The summed E-state index contributed by atoms with van der Waals surface area (Å²) in [4.78, 5) is 23.1. The molecular weight excluding hydrogens is 412 g/mol. The van der Waals surface area contributed by atoms with Gasteiger partial charge in [-0.3, -0.25) is 4.79 Å². The third kappa shape index (κ3) is 3.55. The van der Waals surface area contributed by atoms with Crippen LogP contribution in [0.3, 0.4) is 0 Å². The monoisotopic (exact) mass is 430 g/mol. The number of carbonyl (C=O) groups is 1. The fourth-order valence-corrected chi connectivity index (χ4v) is 4.19. The summed E-state index contributed by atoms with van der Waals surface area (Å²) in [5.74, 6) is 1.45. The highest BCUT2D eigenvalue weighted by molar-refractivity contribution is 7.13. The number of thiophene rings is 1. The fourth-order valence-electron chi connectivity index (χ4n) is 3.54. The average molecular weight is 430 g/mol. The van der Waals surface area contributed by atoms with E-state index >= 15 is 0 Å². The van der Waals surface area contributed by atoms with E-state index in [0.29, 0.717) is 28.9 Å². The Morgan fingerprint density at radius 1 is 1.16 bits per heavy atom. The molecule has 1 aliphatic heterocycles. The van der Waals surface area contributed by atoms with Gasteiger partial charge in [0, 0.05) is 11.9 Å². The molecule has 1 aliphatic rings. The molecule has 0 fully saturated rings. The van der Waals surface area contributed by atoms with Gasteiger partial charge >= 0.3 is 0 Å². The van der Waals surface area contributed by atoms with E-state index in [-0.39, 0.29) is 11.7 Å². The van der Waals surface area contributed by atoms with Crippen LogP contribution in [0.5, 0.6) is 5.75 Å². The Labute approximate surface area is 181 Å². The zero-order chi connectivity index (χ0) is 21.4. The quantitative estimate of drug-likeness (QED) is 0.451. The van der Waals surface area contributed by atoms with Crippen molar-refractivity contribution >= 4 is 29.0 Å². The zero-order valence-electron chi connectivity index (χ0n) is 16.5. The molecule has 3 N–H and O–H groups in total. The number of anilines is 2. The second kappa shape index (κ2) is 7.69. The topological polar surface area (TPSA) is 105 Å². The lowest BCUT2D eigenvalue weighted by Gasteiger charge is -2.28. The van der Waals surface area contributed by atoms with Gasteiger partial charge < -0.3 is 15.7 Å². The lowest BCUT2D eigenvalue weighted by Crippen LogP contribution is -2.31. The van der Waals surface area contributed by atoms with Crippen molar-refractivity contribution in [3.8, 4) is 16.5 Å². The molecule has 1 amide bonds. The van der Waals surface area contributed by atoms with Gasteiger partial charge in [0.1, 0.15) is 17.6 Å². The number of phenols is 1. The van der Waals surface area contributed by atoms with Crippen molar-refractivity contribution in [2.24, 2.45) is 0 Å². The van der Waals surface area contributed by atoms with Crippen LogP contribution in [-0.4, -0.2) is 30.8 Å². The Morgan fingerprint density at radius 3 is 2.71 bits per heavy atom. The molecular formula is C22H18N6O2S. The maximum atomic E-state index is 13.3. The van der Waals surface area contributed by atoms with Crippen LogP contribution in [0.4, 0.5) is 11.8 Å². The smallest absolute Gasteiger partial charge is 0.257 e. The minimum Gasteiger partial charge on any atom is -0.508 e. The van der Waals surface area contributed by atoms with Crippen molar-refractivity contribution in [1.82, 2.24) is 19.7 Å². The number of amides is 1. The Kier molecular flexibility index (Phi) is 4.72. The molecule has 9 heteroatoms. The van der Waals surface area contributed by atoms with E-state index in [1.54, 1.807) is 58.6 Å². The Hall–Kier alpha value is -3.98. The normalized spacial score (nSPS) is 15.3. The van der Waals surface area contributed by atoms with Crippen LogP contribution in [0.1, 0.15) is 18.5 Å². The predicted molar refractivity (Wildman–Crippen MR) is 119 cm³/mol. The standard InChI is InChI=1S/C22H18N6O2S/c1-13-18(21(30)25-17-6-2-3-11-23-17)19(14-7-9-15(29)10-8-14)28-22(24-13)26-20(27-28)16-5-4-12-31-16/h2-12,19,29H,1H3,(H,23,25,30)(H,24,26,27). The molecule has 3 aromatic heterocycles. The summed E-state index contributed by atoms with van der Waals surface area (Å²) < 4.78 is 1.71. The second-order valence-corrected chi connectivity index (χ2v) is 7.96. The molecule has 0 radical (unpaired) electrons. The van der Waals surface area contributed by atoms with Crippen LogP contribution in [0.25, 0.3) is 10.7 Å². The number of benzene rings is 1. The van der Waals surface area contributed by atoms with Crippen LogP contribution in [0.15, 0.2) is 77.4 Å². The van der Waals surface area contributed by atoms with Gasteiger partial charge in [-0.05, 0) is 48.2 Å². The van der Waals surface area contributed by atoms with Gasteiger partial charge in [0.15, 0.2) is 5.82 Å². The Balaban J connectivity index is 1.60. The molecule has 4 aromatic rings. The first-order valence-electron chi connectivity index (χ1n) is 9.59. The van der Waals surface area contributed by atoms with Gasteiger partial charge in [0.25, 0.3) is 5.91 Å². The molecule has 0 spiro atoms. The minimum atomic E-state index is -0.526. The molecule has 1 atom stereocenters. The maximum Gasteiger partial charge on any atom is 0.257 e. The third-order valence-corrected chi connectivity index (χ3v) is 5.82. The Morgan fingerprint density at radius 2 is 2.00 bits per heavy atom. The SMILES string of the molecule is CC1=C(C(=O)Nc2ccccn2)C(c2ccc(O)cc2)n2nc(-c3cccs3)nc2N1. The van der Waals surface area contributed by atoms with Gasteiger partial charge in [-0.25, -0.2) is 9.67 Å². The summed E-state index contributed by atoms with van der Waals surface area (Å²) in [7, 11) is 0. The number of rotatable bonds is 4. The van der Waals surface area contributed by atoms with Crippen LogP contribution >= 0.6 is 11.3 Å². The molecule has 154 valence electrons. The van der Waals surface area contributed by atoms with Crippen molar-refractivity contribution in [2.75, 3.05) is 10.6 Å². The number of aromatic nitrogens is 4. The van der Waals surface area contributed by atoms with E-state index in [1.807, 2.05) is 30.5 Å². The molecule has 1 unspecified atom stereocenters. The number of hydrogen-bond donors (Lipinski definition) is 3. The van der Waals surface area contributed by atoms with Gasteiger partial charge in [-0.15, -0.1) is 16.4 Å². The summed E-state index contributed by atoms with van der Waals surface area (Å²) in [6, 6.07) is 15.5. The number of phenolic OH excluding ortho intramolecular Hbond substituents is 1.